The molecule has 1 saturated heterocycles. The van der Waals surface area contributed by atoms with Crippen molar-refractivity contribution in [1.82, 2.24) is 25.2 Å². The van der Waals surface area contributed by atoms with Crippen LogP contribution in [0.25, 0.3) is 11.4 Å². The number of amides is 1. The summed E-state index contributed by atoms with van der Waals surface area (Å²) in [5.41, 5.74) is 1.17. The Bertz CT molecular complexity index is 836. The lowest BCUT2D eigenvalue weighted by Gasteiger charge is -2.36. The Morgan fingerprint density at radius 1 is 1.22 bits per heavy atom. The van der Waals surface area contributed by atoms with E-state index < -0.39 is 0 Å². The fraction of sp³-hybridized carbons (Fsp3) is 0.267. The third-order valence-corrected chi connectivity index (χ3v) is 3.75. The highest BCUT2D eigenvalue weighted by molar-refractivity contribution is 5.92. The summed E-state index contributed by atoms with van der Waals surface area (Å²) in [4.78, 5) is 22.2. The van der Waals surface area contributed by atoms with E-state index in [0.717, 1.165) is 5.56 Å². The minimum Gasteiger partial charge on any atom is -0.361 e. The van der Waals surface area contributed by atoms with E-state index in [1.807, 2.05) is 12.1 Å². The van der Waals surface area contributed by atoms with Crippen molar-refractivity contribution in [2.45, 2.75) is 12.8 Å². The SMILES string of the molecule is Cc1cc(C(=O)N2CC(c3nc(-c4ccncc4)no3)C2)no1. The number of aromatic nitrogens is 4. The van der Waals surface area contributed by atoms with Crippen molar-refractivity contribution in [3.05, 3.63) is 47.9 Å². The quantitative estimate of drug-likeness (QED) is 0.725. The van der Waals surface area contributed by atoms with E-state index in [1.54, 1.807) is 30.3 Å². The Kier molecular flexibility index (Phi) is 3.14. The average molecular weight is 311 g/mol. The molecule has 0 saturated carbocycles. The number of likely N-dealkylation sites (tertiary alicyclic amines) is 1. The Morgan fingerprint density at radius 3 is 2.70 bits per heavy atom. The van der Waals surface area contributed by atoms with Gasteiger partial charge in [0.05, 0.1) is 5.92 Å². The number of pyridine rings is 1. The van der Waals surface area contributed by atoms with Gasteiger partial charge in [-0.1, -0.05) is 10.3 Å². The van der Waals surface area contributed by atoms with Crippen LogP contribution in [-0.2, 0) is 0 Å². The van der Waals surface area contributed by atoms with Crippen molar-refractivity contribution in [2.75, 3.05) is 13.1 Å². The second kappa shape index (κ2) is 5.31. The van der Waals surface area contributed by atoms with Gasteiger partial charge in [0.15, 0.2) is 5.69 Å². The van der Waals surface area contributed by atoms with Crippen LogP contribution in [0.5, 0.6) is 0 Å². The number of hydrogen-bond acceptors (Lipinski definition) is 7. The van der Waals surface area contributed by atoms with E-state index in [1.165, 1.54) is 0 Å². The highest BCUT2D eigenvalue weighted by Gasteiger charge is 2.37. The first kappa shape index (κ1) is 13.6. The standard InChI is InChI=1S/C15H13N5O3/c1-9-6-12(18-22-9)15(21)20-7-11(8-20)14-17-13(19-23-14)10-2-4-16-5-3-10/h2-6,11H,7-8H2,1H3. The average Bonchev–Trinajstić information content (AvgIpc) is 3.16. The van der Waals surface area contributed by atoms with Crippen LogP contribution in [0.15, 0.2) is 39.6 Å². The fourth-order valence-corrected chi connectivity index (χ4v) is 2.45. The predicted molar refractivity (Wildman–Crippen MR) is 77.4 cm³/mol. The molecule has 0 N–H and O–H groups in total. The van der Waals surface area contributed by atoms with Gasteiger partial charge in [-0.15, -0.1) is 0 Å². The van der Waals surface area contributed by atoms with Crippen LogP contribution in [0.4, 0.5) is 0 Å². The van der Waals surface area contributed by atoms with E-state index in [-0.39, 0.29) is 11.8 Å². The first-order valence-corrected chi connectivity index (χ1v) is 7.17. The monoisotopic (exact) mass is 311 g/mol. The molecular formula is C15H13N5O3. The third-order valence-electron chi connectivity index (χ3n) is 3.75. The van der Waals surface area contributed by atoms with Crippen LogP contribution in [0.1, 0.15) is 28.1 Å². The summed E-state index contributed by atoms with van der Waals surface area (Å²) < 4.78 is 10.2. The van der Waals surface area contributed by atoms with E-state index in [2.05, 4.69) is 20.3 Å². The number of hydrogen-bond donors (Lipinski definition) is 0. The normalized spacial score (nSPS) is 14.7. The Balaban J connectivity index is 1.42. The van der Waals surface area contributed by atoms with E-state index in [4.69, 9.17) is 9.05 Å². The summed E-state index contributed by atoms with van der Waals surface area (Å²) in [6.07, 6.45) is 3.35. The van der Waals surface area contributed by atoms with Crippen LogP contribution in [0, 0.1) is 6.92 Å². The van der Waals surface area contributed by atoms with Crippen molar-refractivity contribution >= 4 is 5.91 Å². The minimum absolute atomic E-state index is 0.0510. The second-order valence-corrected chi connectivity index (χ2v) is 5.42. The first-order valence-electron chi connectivity index (χ1n) is 7.17. The molecular weight excluding hydrogens is 298 g/mol. The molecule has 0 radical (unpaired) electrons. The lowest BCUT2D eigenvalue weighted by atomic mass is 9.99. The molecule has 0 aliphatic carbocycles. The summed E-state index contributed by atoms with van der Waals surface area (Å²) in [6.45, 7) is 2.81. The molecule has 1 amide bonds. The summed E-state index contributed by atoms with van der Waals surface area (Å²) in [5.74, 6) is 1.59. The van der Waals surface area contributed by atoms with Gasteiger partial charge in [0.25, 0.3) is 5.91 Å². The van der Waals surface area contributed by atoms with E-state index in [9.17, 15) is 4.79 Å². The van der Waals surface area contributed by atoms with Crippen molar-refractivity contribution in [3.8, 4) is 11.4 Å². The molecule has 8 nitrogen and oxygen atoms in total. The van der Waals surface area contributed by atoms with Gasteiger partial charge in [0.1, 0.15) is 5.76 Å². The summed E-state index contributed by atoms with van der Waals surface area (Å²) in [7, 11) is 0. The van der Waals surface area contributed by atoms with Gasteiger partial charge in [-0.25, -0.2) is 0 Å². The highest BCUT2D eigenvalue weighted by Crippen LogP contribution is 2.28. The van der Waals surface area contributed by atoms with Crippen molar-refractivity contribution in [3.63, 3.8) is 0 Å². The maximum absolute atomic E-state index is 12.2. The molecule has 0 unspecified atom stereocenters. The molecule has 0 atom stereocenters. The summed E-state index contributed by atoms with van der Waals surface area (Å²) >= 11 is 0. The Morgan fingerprint density at radius 2 is 2.00 bits per heavy atom. The fourth-order valence-electron chi connectivity index (χ4n) is 2.45. The van der Waals surface area contributed by atoms with Gasteiger partial charge >= 0.3 is 0 Å². The van der Waals surface area contributed by atoms with Crippen LogP contribution >= 0.6 is 0 Å². The van der Waals surface area contributed by atoms with Gasteiger partial charge in [0, 0.05) is 37.1 Å². The van der Waals surface area contributed by atoms with Crippen LogP contribution in [0.3, 0.4) is 0 Å². The van der Waals surface area contributed by atoms with Gasteiger partial charge in [0.2, 0.25) is 11.7 Å². The molecule has 4 rings (SSSR count). The largest absolute Gasteiger partial charge is 0.361 e. The summed E-state index contributed by atoms with van der Waals surface area (Å²) in [6, 6.07) is 5.26. The molecule has 23 heavy (non-hydrogen) atoms. The van der Waals surface area contributed by atoms with Crippen molar-refractivity contribution < 1.29 is 13.8 Å². The summed E-state index contributed by atoms with van der Waals surface area (Å²) in [5, 5.41) is 7.71. The zero-order valence-corrected chi connectivity index (χ0v) is 12.3. The predicted octanol–water partition coefficient (Wildman–Crippen LogP) is 1.67. The van der Waals surface area contributed by atoms with E-state index in [0.29, 0.717) is 36.3 Å². The lowest BCUT2D eigenvalue weighted by molar-refractivity contribution is 0.0558. The van der Waals surface area contributed by atoms with Crippen LogP contribution in [-0.4, -0.2) is 44.2 Å². The number of carbonyl (C=O) groups is 1. The minimum atomic E-state index is -0.146. The molecule has 3 aromatic heterocycles. The van der Waals surface area contributed by atoms with Crippen molar-refractivity contribution in [2.24, 2.45) is 0 Å². The van der Waals surface area contributed by atoms with Crippen molar-refractivity contribution in [1.29, 1.82) is 0 Å². The Hall–Kier alpha value is -3.03. The van der Waals surface area contributed by atoms with E-state index >= 15 is 0 Å². The zero-order valence-electron chi connectivity index (χ0n) is 12.3. The molecule has 1 aliphatic heterocycles. The maximum Gasteiger partial charge on any atom is 0.276 e. The smallest absolute Gasteiger partial charge is 0.276 e. The Labute approximate surface area is 131 Å². The van der Waals surface area contributed by atoms with Gasteiger partial charge in [-0.3, -0.25) is 9.78 Å². The molecule has 8 heteroatoms. The number of carbonyl (C=O) groups excluding carboxylic acids is 1. The molecule has 1 fully saturated rings. The lowest BCUT2D eigenvalue weighted by Crippen LogP contribution is -2.48. The maximum atomic E-state index is 12.2. The number of aryl methyl sites for hydroxylation is 1. The molecule has 4 heterocycles. The van der Waals surface area contributed by atoms with Gasteiger partial charge < -0.3 is 13.9 Å². The molecule has 0 bridgehead atoms. The van der Waals surface area contributed by atoms with Gasteiger partial charge in [-0.2, -0.15) is 4.98 Å². The molecule has 116 valence electrons. The molecule has 3 aromatic rings. The highest BCUT2D eigenvalue weighted by atomic mass is 16.5. The number of nitrogens with zero attached hydrogens (tertiary/aromatic N) is 5. The molecule has 1 aliphatic rings. The van der Waals surface area contributed by atoms with Crippen LogP contribution in [0.2, 0.25) is 0 Å². The van der Waals surface area contributed by atoms with Gasteiger partial charge in [-0.05, 0) is 19.1 Å². The first-order chi connectivity index (χ1) is 11.2. The second-order valence-electron chi connectivity index (χ2n) is 5.42. The molecule has 0 spiro atoms. The van der Waals surface area contributed by atoms with Crippen LogP contribution < -0.4 is 0 Å². The number of rotatable bonds is 3. The zero-order chi connectivity index (χ0) is 15.8. The topological polar surface area (TPSA) is 98.2 Å². The molecule has 0 aromatic carbocycles. The third kappa shape index (κ3) is 2.48.